The Balaban J connectivity index is 1.36. The van der Waals surface area contributed by atoms with E-state index in [1.807, 2.05) is 4.90 Å². The summed E-state index contributed by atoms with van der Waals surface area (Å²) in [7, 11) is 1.73. The molecule has 0 aromatic heterocycles. The third-order valence-electron chi connectivity index (χ3n) is 8.02. The first kappa shape index (κ1) is 24.9. The highest BCUT2D eigenvalue weighted by Gasteiger charge is 2.42. The summed E-state index contributed by atoms with van der Waals surface area (Å²) in [6.07, 6.45) is 7.37. The van der Waals surface area contributed by atoms with Gasteiger partial charge >= 0.3 is 0 Å². The molecule has 4 rings (SSSR count). The average Bonchev–Trinajstić information content (AvgIpc) is 2.86. The highest BCUT2D eigenvalue weighted by molar-refractivity contribution is 5.82. The number of nitrogens with one attached hydrogen (secondary N) is 3. The van der Waals surface area contributed by atoms with E-state index < -0.39 is 0 Å². The smallest absolute Gasteiger partial charge is 0.239 e. The number of rotatable bonds is 7. The zero-order valence-corrected chi connectivity index (χ0v) is 20.2. The number of methoxy groups -OCH3 is 1. The summed E-state index contributed by atoms with van der Waals surface area (Å²) in [6.45, 7) is 5.70. The van der Waals surface area contributed by atoms with Crippen molar-refractivity contribution in [3.63, 3.8) is 0 Å². The zero-order chi connectivity index (χ0) is 23.2. The molecule has 0 bridgehead atoms. The van der Waals surface area contributed by atoms with E-state index in [-0.39, 0.29) is 42.1 Å². The van der Waals surface area contributed by atoms with Crippen molar-refractivity contribution in [1.82, 2.24) is 21.0 Å². The van der Waals surface area contributed by atoms with Crippen LogP contribution in [-0.4, -0.2) is 87.0 Å². The quantitative estimate of drug-likeness (QED) is 0.514. The number of carbonyl (C=O) groups excluding carboxylic acids is 2. The van der Waals surface area contributed by atoms with Crippen LogP contribution in [0, 0.1) is 11.8 Å². The standard InChI is InChI=1S/C24H42N4O5/c1-16-5-4-10-25-22(16)18(8-9-21(29)28-11-13-32-14-12-28)26-24(30)19-15-17-6-3-7-20(31-2)23(17)33-27-19/h16-20,22-23,25,27H,3-15H2,1-2H3,(H,26,30). The summed E-state index contributed by atoms with van der Waals surface area (Å²) in [4.78, 5) is 33.9. The summed E-state index contributed by atoms with van der Waals surface area (Å²) in [6, 6.07) is -0.293. The number of hydrogen-bond acceptors (Lipinski definition) is 7. The molecule has 9 nitrogen and oxygen atoms in total. The first-order valence-electron chi connectivity index (χ1n) is 12.9. The molecule has 3 saturated heterocycles. The number of piperidine rings is 1. The van der Waals surface area contributed by atoms with Gasteiger partial charge in [0.05, 0.1) is 19.3 Å². The summed E-state index contributed by atoms with van der Waals surface area (Å²) in [5.74, 6) is 0.893. The number of hydrogen-bond donors (Lipinski definition) is 3. The van der Waals surface area contributed by atoms with Crippen molar-refractivity contribution in [3.8, 4) is 0 Å². The summed E-state index contributed by atoms with van der Waals surface area (Å²) in [5, 5.41) is 6.91. The van der Waals surface area contributed by atoms with Crippen LogP contribution < -0.4 is 16.1 Å². The Hall–Kier alpha value is -1.26. The number of carbonyl (C=O) groups is 2. The molecular weight excluding hydrogens is 424 g/mol. The minimum absolute atomic E-state index is 0.00905. The summed E-state index contributed by atoms with van der Waals surface area (Å²) in [5.41, 5.74) is 3.02. The Kier molecular flexibility index (Phi) is 8.98. The minimum Gasteiger partial charge on any atom is -0.379 e. The van der Waals surface area contributed by atoms with E-state index in [4.69, 9.17) is 14.3 Å². The molecule has 0 spiro atoms. The predicted molar refractivity (Wildman–Crippen MR) is 123 cm³/mol. The van der Waals surface area contributed by atoms with Gasteiger partial charge in [-0.15, -0.1) is 0 Å². The van der Waals surface area contributed by atoms with Gasteiger partial charge in [-0.3, -0.25) is 14.4 Å². The second-order valence-corrected chi connectivity index (χ2v) is 10.2. The van der Waals surface area contributed by atoms with E-state index in [9.17, 15) is 9.59 Å². The molecule has 0 aromatic carbocycles. The van der Waals surface area contributed by atoms with Crippen LogP contribution in [0.15, 0.2) is 0 Å². The fourth-order valence-electron chi connectivity index (χ4n) is 6.05. The third-order valence-corrected chi connectivity index (χ3v) is 8.02. The summed E-state index contributed by atoms with van der Waals surface area (Å²) < 4.78 is 11.0. The SMILES string of the molecule is COC1CCCC2CC(C(=O)NC(CCC(=O)N3CCOCC3)C3NCCCC3C)NOC21. The first-order chi connectivity index (χ1) is 16.1. The number of morpholine rings is 1. The highest BCUT2D eigenvalue weighted by Crippen LogP contribution is 2.34. The molecule has 3 aliphatic heterocycles. The molecular formula is C24H42N4O5. The third kappa shape index (κ3) is 6.25. The Bertz CT molecular complexity index is 659. The van der Waals surface area contributed by atoms with Crippen LogP contribution in [0.4, 0.5) is 0 Å². The van der Waals surface area contributed by atoms with Gasteiger partial charge in [-0.05, 0) is 56.9 Å². The Labute approximate surface area is 197 Å². The Morgan fingerprint density at radius 1 is 1.18 bits per heavy atom. The second-order valence-electron chi connectivity index (χ2n) is 10.2. The van der Waals surface area contributed by atoms with Crippen molar-refractivity contribution in [2.45, 2.75) is 88.6 Å². The fourth-order valence-corrected chi connectivity index (χ4v) is 6.05. The monoisotopic (exact) mass is 466 g/mol. The van der Waals surface area contributed by atoms with Gasteiger partial charge in [0.2, 0.25) is 11.8 Å². The van der Waals surface area contributed by atoms with Gasteiger partial charge < -0.3 is 25.0 Å². The number of hydroxylamine groups is 1. The van der Waals surface area contributed by atoms with E-state index in [0.717, 1.165) is 45.1 Å². The van der Waals surface area contributed by atoms with Crippen molar-refractivity contribution in [2.75, 3.05) is 40.0 Å². The molecule has 3 N–H and O–H groups in total. The average molecular weight is 467 g/mol. The lowest BCUT2D eigenvalue weighted by Gasteiger charge is -2.43. The molecule has 3 heterocycles. The molecule has 2 amide bonds. The van der Waals surface area contributed by atoms with E-state index in [2.05, 4.69) is 23.0 Å². The predicted octanol–water partition coefficient (Wildman–Crippen LogP) is 0.976. The van der Waals surface area contributed by atoms with Gasteiger partial charge in [-0.2, -0.15) is 5.48 Å². The molecule has 0 radical (unpaired) electrons. The molecule has 4 aliphatic rings. The van der Waals surface area contributed by atoms with Crippen LogP contribution in [0.5, 0.6) is 0 Å². The largest absolute Gasteiger partial charge is 0.379 e. The molecule has 1 aliphatic carbocycles. The fraction of sp³-hybridized carbons (Fsp3) is 0.917. The first-order valence-corrected chi connectivity index (χ1v) is 12.9. The number of amides is 2. The zero-order valence-electron chi connectivity index (χ0n) is 20.2. The van der Waals surface area contributed by atoms with E-state index in [1.165, 1.54) is 0 Å². The van der Waals surface area contributed by atoms with E-state index in [1.54, 1.807) is 7.11 Å². The van der Waals surface area contributed by atoms with E-state index in [0.29, 0.717) is 51.0 Å². The highest BCUT2D eigenvalue weighted by atomic mass is 16.7. The molecule has 4 fully saturated rings. The molecule has 7 atom stereocenters. The maximum atomic E-state index is 13.3. The molecule has 1 saturated carbocycles. The summed E-state index contributed by atoms with van der Waals surface area (Å²) >= 11 is 0. The Morgan fingerprint density at radius 3 is 2.76 bits per heavy atom. The lowest BCUT2D eigenvalue weighted by atomic mass is 9.79. The van der Waals surface area contributed by atoms with Crippen LogP contribution in [-0.2, 0) is 23.9 Å². The van der Waals surface area contributed by atoms with Gasteiger partial charge in [0.1, 0.15) is 12.1 Å². The van der Waals surface area contributed by atoms with Crippen LogP contribution in [0.1, 0.15) is 58.3 Å². The van der Waals surface area contributed by atoms with Crippen LogP contribution >= 0.6 is 0 Å². The van der Waals surface area contributed by atoms with Crippen molar-refractivity contribution >= 4 is 11.8 Å². The molecule has 188 valence electrons. The van der Waals surface area contributed by atoms with Crippen LogP contribution in [0.25, 0.3) is 0 Å². The topological polar surface area (TPSA) is 101 Å². The van der Waals surface area contributed by atoms with Crippen LogP contribution in [0.3, 0.4) is 0 Å². The van der Waals surface area contributed by atoms with Gasteiger partial charge in [-0.25, -0.2) is 0 Å². The number of ether oxygens (including phenoxy) is 2. The van der Waals surface area contributed by atoms with Crippen molar-refractivity contribution in [2.24, 2.45) is 11.8 Å². The second kappa shape index (κ2) is 11.9. The molecule has 7 unspecified atom stereocenters. The molecule has 0 aromatic rings. The van der Waals surface area contributed by atoms with Crippen LogP contribution in [0.2, 0.25) is 0 Å². The van der Waals surface area contributed by atoms with Crippen molar-refractivity contribution < 1.29 is 23.9 Å². The minimum atomic E-state index is -0.377. The number of fused-ring (bicyclic) bond motifs is 1. The lowest BCUT2D eigenvalue weighted by Crippen LogP contribution is -2.61. The molecule has 33 heavy (non-hydrogen) atoms. The number of nitrogens with zero attached hydrogens (tertiary/aromatic N) is 1. The van der Waals surface area contributed by atoms with E-state index >= 15 is 0 Å². The maximum Gasteiger partial charge on any atom is 0.239 e. The van der Waals surface area contributed by atoms with Gasteiger partial charge in [0.15, 0.2) is 0 Å². The normalized spacial score (nSPS) is 36.0. The molecule has 9 heteroatoms. The van der Waals surface area contributed by atoms with Crippen molar-refractivity contribution in [1.29, 1.82) is 0 Å². The van der Waals surface area contributed by atoms with Gasteiger partial charge in [0.25, 0.3) is 0 Å². The maximum absolute atomic E-state index is 13.3. The Morgan fingerprint density at radius 2 is 2.00 bits per heavy atom. The van der Waals surface area contributed by atoms with Crippen molar-refractivity contribution in [3.05, 3.63) is 0 Å². The van der Waals surface area contributed by atoms with Gasteiger partial charge in [-0.1, -0.05) is 13.3 Å². The van der Waals surface area contributed by atoms with Gasteiger partial charge in [0, 0.05) is 38.7 Å². The lowest BCUT2D eigenvalue weighted by molar-refractivity contribution is -0.183.